The Labute approximate surface area is 170 Å². The van der Waals surface area contributed by atoms with Crippen molar-refractivity contribution in [2.24, 2.45) is 0 Å². The van der Waals surface area contributed by atoms with E-state index in [-0.39, 0.29) is 6.79 Å². The van der Waals surface area contributed by atoms with Gasteiger partial charge < -0.3 is 19.2 Å². The fourth-order valence-corrected chi connectivity index (χ4v) is 3.56. The Morgan fingerprint density at radius 3 is 2.71 bits per heavy atom. The number of benzene rings is 3. The number of rotatable bonds is 4. The number of fused-ring (bicyclic) bond motifs is 2. The van der Waals surface area contributed by atoms with Crippen LogP contribution in [0.2, 0.25) is 10.0 Å². The minimum atomic E-state index is 0.273. The molecule has 0 saturated carbocycles. The average Bonchev–Trinajstić information content (AvgIpc) is 3.32. The molecule has 0 unspecified atom stereocenters. The SMILES string of the molecule is Clc1ccc(-c2nc3cc(NCc4ccc5c(c4)OCO5)ccc3o2)c(Cl)c1. The van der Waals surface area contributed by atoms with Crippen LogP contribution in [0.5, 0.6) is 11.5 Å². The summed E-state index contributed by atoms with van der Waals surface area (Å²) in [6.07, 6.45) is 0. The van der Waals surface area contributed by atoms with Crippen LogP contribution in [0, 0.1) is 0 Å². The molecular formula is C21H14Cl2N2O3. The third kappa shape index (κ3) is 3.23. The number of nitrogens with one attached hydrogen (secondary N) is 1. The summed E-state index contributed by atoms with van der Waals surface area (Å²) in [5, 5.41) is 4.46. The highest BCUT2D eigenvalue weighted by Gasteiger charge is 2.14. The first kappa shape index (κ1) is 17.2. The Balaban J connectivity index is 1.37. The quantitative estimate of drug-likeness (QED) is 0.435. The Kier molecular flexibility index (Phi) is 4.26. The highest BCUT2D eigenvalue weighted by Crippen LogP contribution is 2.34. The molecule has 0 spiro atoms. The summed E-state index contributed by atoms with van der Waals surface area (Å²) in [5.41, 5.74) is 4.17. The molecule has 140 valence electrons. The lowest BCUT2D eigenvalue weighted by Gasteiger charge is -2.07. The summed E-state index contributed by atoms with van der Waals surface area (Å²) >= 11 is 12.2. The molecule has 1 aliphatic heterocycles. The molecule has 2 heterocycles. The van der Waals surface area contributed by atoms with E-state index >= 15 is 0 Å². The van der Waals surface area contributed by atoms with Crippen LogP contribution >= 0.6 is 23.2 Å². The van der Waals surface area contributed by atoms with Crippen LogP contribution in [0.1, 0.15) is 5.56 Å². The summed E-state index contributed by atoms with van der Waals surface area (Å²) < 4.78 is 16.6. The fraction of sp³-hybridized carbons (Fsp3) is 0.0952. The molecular weight excluding hydrogens is 399 g/mol. The maximum atomic E-state index is 6.26. The number of ether oxygens (including phenoxy) is 2. The van der Waals surface area contributed by atoms with E-state index in [1.54, 1.807) is 18.2 Å². The average molecular weight is 413 g/mol. The molecule has 1 aromatic heterocycles. The molecule has 28 heavy (non-hydrogen) atoms. The highest BCUT2D eigenvalue weighted by molar-refractivity contribution is 6.36. The van der Waals surface area contributed by atoms with Crippen molar-refractivity contribution in [1.82, 2.24) is 4.98 Å². The molecule has 1 N–H and O–H groups in total. The fourth-order valence-electron chi connectivity index (χ4n) is 3.07. The highest BCUT2D eigenvalue weighted by atomic mass is 35.5. The monoisotopic (exact) mass is 412 g/mol. The van der Waals surface area contributed by atoms with E-state index in [2.05, 4.69) is 10.3 Å². The number of hydrogen-bond acceptors (Lipinski definition) is 5. The van der Waals surface area contributed by atoms with E-state index in [1.165, 1.54) is 0 Å². The lowest BCUT2D eigenvalue weighted by atomic mass is 10.2. The summed E-state index contributed by atoms with van der Waals surface area (Å²) in [6.45, 7) is 0.922. The van der Waals surface area contributed by atoms with Gasteiger partial charge in [0.25, 0.3) is 0 Å². The lowest BCUT2D eigenvalue weighted by molar-refractivity contribution is 0.174. The van der Waals surface area contributed by atoms with Gasteiger partial charge in [-0.2, -0.15) is 0 Å². The van der Waals surface area contributed by atoms with Crippen LogP contribution in [-0.4, -0.2) is 11.8 Å². The Morgan fingerprint density at radius 1 is 0.929 bits per heavy atom. The molecule has 0 atom stereocenters. The van der Waals surface area contributed by atoms with Gasteiger partial charge in [0.1, 0.15) is 5.52 Å². The molecule has 5 nitrogen and oxygen atoms in total. The van der Waals surface area contributed by atoms with Crippen LogP contribution in [0.15, 0.2) is 59.0 Å². The summed E-state index contributed by atoms with van der Waals surface area (Å²) in [6, 6.07) is 16.9. The van der Waals surface area contributed by atoms with E-state index in [1.807, 2.05) is 36.4 Å². The van der Waals surface area contributed by atoms with Crippen molar-refractivity contribution in [2.75, 3.05) is 12.1 Å². The smallest absolute Gasteiger partial charge is 0.231 e. The van der Waals surface area contributed by atoms with Gasteiger partial charge in [0.15, 0.2) is 17.1 Å². The standard InChI is InChI=1S/C21H14Cl2N2O3/c22-13-2-4-15(16(23)8-13)21-25-17-9-14(3-6-18(17)28-21)24-10-12-1-5-19-20(7-12)27-11-26-19/h1-9,24H,10-11H2. The maximum Gasteiger partial charge on any atom is 0.231 e. The first-order chi connectivity index (χ1) is 13.7. The largest absolute Gasteiger partial charge is 0.454 e. The van der Waals surface area contributed by atoms with Crippen LogP contribution in [0.4, 0.5) is 5.69 Å². The molecule has 0 aliphatic carbocycles. The van der Waals surface area contributed by atoms with Crippen molar-refractivity contribution >= 4 is 40.0 Å². The number of nitrogens with zero attached hydrogens (tertiary/aromatic N) is 1. The van der Waals surface area contributed by atoms with Crippen LogP contribution < -0.4 is 14.8 Å². The number of hydrogen-bond donors (Lipinski definition) is 1. The summed E-state index contributed by atoms with van der Waals surface area (Å²) in [7, 11) is 0. The van der Waals surface area contributed by atoms with Gasteiger partial charge in [-0.05, 0) is 54.1 Å². The van der Waals surface area contributed by atoms with Gasteiger partial charge in [-0.1, -0.05) is 29.3 Å². The van der Waals surface area contributed by atoms with Crippen molar-refractivity contribution in [3.63, 3.8) is 0 Å². The van der Waals surface area contributed by atoms with Crippen molar-refractivity contribution < 1.29 is 13.9 Å². The van der Waals surface area contributed by atoms with E-state index < -0.39 is 0 Å². The van der Waals surface area contributed by atoms with E-state index in [0.29, 0.717) is 33.6 Å². The van der Waals surface area contributed by atoms with Crippen molar-refractivity contribution in [3.05, 3.63) is 70.2 Å². The second-order valence-electron chi connectivity index (χ2n) is 6.37. The first-order valence-electron chi connectivity index (χ1n) is 8.64. The topological polar surface area (TPSA) is 56.5 Å². The zero-order valence-electron chi connectivity index (χ0n) is 14.5. The lowest BCUT2D eigenvalue weighted by Crippen LogP contribution is -1.99. The molecule has 0 radical (unpaired) electrons. The zero-order chi connectivity index (χ0) is 19.1. The minimum Gasteiger partial charge on any atom is -0.454 e. The predicted molar refractivity (Wildman–Crippen MR) is 109 cm³/mol. The van der Waals surface area contributed by atoms with E-state index in [0.717, 1.165) is 28.3 Å². The molecule has 4 aromatic rings. The molecule has 0 fully saturated rings. The molecule has 7 heteroatoms. The zero-order valence-corrected chi connectivity index (χ0v) is 16.1. The molecule has 0 bridgehead atoms. The van der Waals surface area contributed by atoms with Crippen molar-refractivity contribution in [3.8, 4) is 23.0 Å². The molecule has 5 rings (SSSR count). The molecule has 0 saturated heterocycles. The van der Waals surface area contributed by atoms with Crippen molar-refractivity contribution in [2.45, 2.75) is 6.54 Å². The predicted octanol–water partition coefficient (Wildman–Crippen LogP) is 6.14. The van der Waals surface area contributed by atoms with E-state index in [9.17, 15) is 0 Å². The van der Waals surface area contributed by atoms with Crippen LogP contribution in [-0.2, 0) is 6.54 Å². The number of halogens is 2. The third-order valence-corrected chi connectivity index (χ3v) is 5.03. The van der Waals surface area contributed by atoms with E-state index in [4.69, 9.17) is 37.1 Å². The van der Waals surface area contributed by atoms with Crippen LogP contribution in [0.3, 0.4) is 0 Å². The van der Waals surface area contributed by atoms with Gasteiger partial charge in [0.2, 0.25) is 12.7 Å². The molecule has 1 aliphatic rings. The number of anilines is 1. The summed E-state index contributed by atoms with van der Waals surface area (Å²) in [5.74, 6) is 2.02. The van der Waals surface area contributed by atoms with Gasteiger partial charge in [0.05, 0.1) is 10.6 Å². The van der Waals surface area contributed by atoms with Gasteiger partial charge >= 0.3 is 0 Å². The summed E-state index contributed by atoms with van der Waals surface area (Å²) in [4.78, 5) is 4.57. The van der Waals surface area contributed by atoms with Crippen molar-refractivity contribution in [1.29, 1.82) is 0 Å². The number of aromatic nitrogens is 1. The van der Waals surface area contributed by atoms with Gasteiger partial charge in [-0.3, -0.25) is 0 Å². The normalized spacial score (nSPS) is 12.5. The second kappa shape index (κ2) is 6.93. The third-order valence-electron chi connectivity index (χ3n) is 4.48. The number of oxazole rings is 1. The van der Waals surface area contributed by atoms with Gasteiger partial charge in [0, 0.05) is 17.3 Å². The Morgan fingerprint density at radius 2 is 1.82 bits per heavy atom. The first-order valence-corrected chi connectivity index (χ1v) is 9.40. The Bertz CT molecular complexity index is 1190. The second-order valence-corrected chi connectivity index (χ2v) is 7.21. The van der Waals surface area contributed by atoms with Crippen LogP contribution in [0.25, 0.3) is 22.6 Å². The minimum absolute atomic E-state index is 0.273. The molecule has 0 amide bonds. The van der Waals surface area contributed by atoms with Gasteiger partial charge in [-0.25, -0.2) is 4.98 Å². The van der Waals surface area contributed by atoms with Gasteiger partial charge in [-0.15, -0.1) is 0 Å². The Hall–Kier alpha value is -2.89. The molecule has 3 aromatic carbocycles. The maximum absolute atomic E-state index is 6.26.